The molecule has 1 saturated carbocycles. The molecule has 2 aliphatic rings. The third kappa shape index (κ3) is 2.21. The van der Waals surface area contributed by atoms with E-state index >= 15 is 0 Å². The summed E-state index contributed by atoms with van der Waals surface area (Å²) < 4.78 is 5.86. The van der Waals surface area contributed by atoms with E-state index in [0.29, 0.717) is 5.92 Å². The summed E-state index contributed by atoms with van der Waals surface area (Å²) in [4.78, 5) is 9.40. The number of nitrogens with one attached hydrogen (secondary N) is 1. The molecule has 4 heteroatoms. The van der Waals surface area contributed by atoms with Crippen LogP contribution >= 0.6 is 0 Å². The second kappa shape index (κ2) is 4.50. The van der Waals surface area contributed by atoms with Crippen LogP contribution in [-0.2, 0) is 10.3 Å². The van der Waals surface area contributed by atoms with Crippen molar-refractivity contribution in [3.63, 3.8) is 0 Å². The Morgan fingerprint density at radius 3 is 2.89 bits per heavy atom. The van der Waals surface area contributed by atoms with Crippen molar-refractivity contribution < 1.29 is 4.74 Å². The normalized spacial score (nSPS) is 27.4. The highest BCUT2D eigenvalue weighted by Gasteiger charge is 2.36. The molecule has 1 saturated heterocycles. The van der Waals surface area contributed by atoms with Gasteiger partial charge in [0.15, 0.2) is 5.82 Å². The third-order valence-electron chi connectivity index (χ3n) is 3.79. The standard InChI is InChI=1S/C14H21N3O/c1-3-15-12-9-11(10-5-6-10)16-13(17-12)14(2)7-4-8-18-14/h9-10H,3-8H2,1-2H3,(H,15,16,17). The molecule has 18 heavy (non-hydrogen) atoms. The van der Waals surface area contributed by atoms with Gasteiger partial charge in [-0.25, -0.2) is 9.97 Å². The first kappa shape index (κ1) is 11.9. The van der Waals surface area contributed by atoms with Gasteiger partial charge in [-0.15, -0.1) is 0 Å². The molecule has 1 aromatic rings. The van der Waals surface area contributed by atoms with Gasteiger partial charge in [-0.1, -0.05) is 0 Å². The molecule has 2 heterocycles. The van der Waals surface area contributed by atoms with Crippen LogP contribution in [0.25, 0.3) is 0 Å². The number of nitrogens with zero attached hydrogens (tertiary/aromatic N) is 2. The Kier molecular flexibility index (Phi) is 2.98. The maximum Gasteiger partial charge on any atom is 0.162 e. The first-order valence-electron chi connectivity index (χ1n) is 6.98. The van der Waals surface area contributed by atoms with Crippen LogP contribution in [0.3, 0.4) is 0 Å². The van der Waals surface area contributed by atoms with Gasteiger partial charge in [-0.3, -0.25) is 0 Å². The van der Waals surface area contributed by atoms with Crippen LogP contribution in [0, 0.1) is 0 Å². The Bertz CT molecular complexity index is 437. The number of aromatic nitrogens is 2. The molecule has 98 valence electrons. The zero-order valence-corrected chi connectivity index (χ0v) is 11.2. The van der Waals surface area contributed by atoms with Crippen molar-refractivity contribution in [2.24, 2.45) is 0 Å². The number of rotatable bonds is 4. The quantitative estimate of drug-likeness (QED) is 0.888. The highest BCUT2D eigenvalue weighted by Crippen LogP contribution is 2.41. The van der Waals surface area contributed by atoms with Gasteiger partial charge in [0.25, 0.3) is 0 Å². The summed E-state index contributed by atoms with van der Waals surface area (Å²) >= 11 is 0. The van der Waals surface area contributed by atoms with Gasteiger partial charge in [0, 0.05) is 30.8 Å². The van der Waals surface area contributed by atoms with Gasteiger partial charge in [0.05, 0.1) is 0 Å². The van der Waals surface area contributed by atoms with Crippen molar-refractivity contribution in [1.82, 2.24) is 9.97 Å². The molecule has 2 fully saturated rings. The fourth-order valence-corrected chi connectivity index (χ4v) is 2.52. The van der Waals surface area contributed by atoms with Gasteiger partial charge in [-0.05, 0) is 39.5 Å². The molecule has 0 spiro atoms. The van der Waals surface area contributed by atoms with E-state index in [-0.39, 0.29) is 5.60 Å². The van der Waals surface area contributed by atoms with Gasteiger partial charge >= 0.3 is 0 Å². The first-order chi connectivity index (χ1) is 8.71. The summed E-state index contributed by atoms with van der Waals surface area (Å²) in [5.74, 6) is 2.45. The summed E-state index contributed by atoms with van der Waals surface area (Å²) in [6.45, 7) is 5.91. The third-order valence-corrected chi connectivity index (χ3v) is 3.79. The highest BCUT2D eigenvalue weighted by atomic mass is 16.5. The number of hydrogen-bond donors (Lipinski definition) is 1. The summed E-state index contributed by atoms with van der Waals surface area (Å²) in [5.41, 5.74) is 0.905. The van der Waals surface area contributed by atoms with Gasteiger partial charge in [-0.2, -0.15) is 0 Å². The average Bonchev–Trinajstić information content (AvgIpc) is 3.12. The van der Waals surface area contributed by atoms with Crippen molar-refractivity contribution in [2.75, 3.05) is 18.5 Å². The van der Waals surface area contributed by atoms with Crippen LogP contribution < -0.4 is 5.32 Å². The lowest BCUT2D eigenvalue weighted by Gasteiger charge is -2.22. The molecule has 0 bridgehead atoms. The van der Waals surface area contributed by atoms with Crippen molar-refractivity contribution in [1.29, 1.82) is 0 Å². The summed E-state index contributed by atoms with van der Waals surface area (Å²) in [5, 5.41) is 3.30. The predicted octanol–water partition coefficient (Wildman–Crippen LogP) is 2.81. The van der Waals surface area contributed by atoms with Gasteiger partial charge in [0.2, 0.25) is 0 Å². The van der Waals surface area contributed by atoms with Crippen LogP contribution in [-0.4, -0.2) is 23.1 Å². The second-order valence-electron chi connectivity index (χ2n) is 5.49. The minimum Gasteiger partial charge on any atom is -0.370 e. The Morgan fingerprint density at radius 2 is 2.28 bits per heavy atom. The fourth-order valence-electron chi connectivity index (χ4n) is 2.52. The Labute approximate surface area is 108 Å². The zero-order chi connectivity index (χ0) is 12.6. The maximum atomic E-state index is 5.86. The van der Waals surface area contributed by atoms with Crippen LogP contribution in [0.2, 0.25) is 0 Å². The van der Waals surface area contributed by atoms with E-state index in [2.05, 4.69) is 30.2 Å². The van der Waals surface area contributed by atoms with Gasteiger partial charge in [0.1, 0.15) is 11.4 Å². The molecule has 1 unspecified atom stereocenters. The molecule has 0 radical (unpaired) electrons. The molecule has 1 aliphatic heterocycles. The zero-order valence-electron chi connectivity index (χ0n) is 11.2. The van der Waals surface area contributed by atoms with E-state index < -0.39 is 0 Å². The lowest BCUT2D eigenvalue weighted by Crippen LogP contribution is -2.24. The lowest BCUT2D eigenvalue weighted by molar-refractivity contribution is 0.00927. The monoisotopic (exact) mass is 247 g/mol. The van der Waals surface area contributed by atoms with Crippen molar-refractivity contribution in [3.05, 3.63) is 17.6 Å². The Balaban J connectivity index is 1.96. The molecular weight excluding hydrogens is 226 g/mol. The number of anilines is 1. The van der Waals surface area contributed by atoms with Crippen molar-refractivity contribution in [2.45, 2.75) is 51.0 Å². The Morgan fingerprint density at radius 1 is 1.44 bits per heavy atom. The molecular formula is C14H21N3O. The van der Waals surface area contributed by atoms with E-state index in [9.17, 15) is 0 Å². The first-order valence-corrected chi connectivity index (χ1v) is 6.98. The van der Waals surface area contributed by atoms with E-state index in [0.717, 1.165) is 37.6 Å². The second-order valence-corrected chi connectivity index (χ2v) is 5.49. The topological polar surface area (TPSA) is 47.0 Å². The molecule has 1 N–H and O–H groups in total. The smallest absolute Gasteiger partial charge is 0.162 e. The minimum absolute atomic E-state index is 0.283. The van der Waals surface area contributed by atoms with Crippen LogP contribution in [0.4, 0.5) is 5.82 Å². The minimum atomic E-state index is -0.283. The molecule has 0 amide bonds. The largest absolute Gasteiger partial charge is 0.370 e. The van der Waals surface area contributed by atoms with Crippen LogP contribution in [0.5, 0.6) is 0 Å². The van der Waals surface area contributed by atoms with Crippen molar-refractivity contribution >= 4 is 5.82 Å². The van der Waals surface area contributed by atoms with E-state index in [1.54, 1.807) is 0 Å². The summed E-state index contributed by atoms with van der Waals surface area (Å²) in [6, 6.07) is 2.10. The fraction of sp³-hybridized carbons (Fsp3) is 0.714. The van der Waals surface area contributed by atoms with E-state index in [1.165, 1.54) is 18.5 Å². The molecule has 0 aromatic carbocycles. The maximum absolute atomic E-state index is 5.86. The average molecular weight is 247 g/mol. The lowest BCUT2D eigenvalue weighted by atomic mass is 10.0. The van der Waals surface area contributed by atoms with E-state index in [1.807, 2.05) is 0 Å². The van der Waals surface area contributed by atoms with Gasteiger partial charge < -0.3 is 10.1 Å². The Hall–Kier alpha value is -1.16. The number of hydrogen-bond acceptors (Lipinski definition) is 4. The van der Waals surface area contributed by atoms with Crippen LogP contribution in [0.1, 0.15) is 57.0 Å². The predicted molar refractivity (Wildman–Crippen MR) is 70.7 cm³/mol. The molecule has 3 rings (SSSR count). The number of ether oxygens (including phenoxy) is 1. The molecule has 1 aromatic heterocycles. The highest BCUT2D eigenvalue weighted by molar-refractivity contribution is 5.38. The molecule has 4 nitrogen and oxygen atoms in total. The molecule has 1 atom stereocenters. The summed E-state index contributed by atoms with van der Waals surface area (Å²) in [7, 11) is 0. The van der Waals surface area contributed by atoms with Crippen molar-refractivity contribution in [3.8, 4) is 0 Å². The summed E-state index contributed by atoms with van der Waals surface area (Å²) in [6.07, 6.45) is 4.65. The van der Waals surface area contributed by atoms with Crippen LogP contribution in [0.15, 0.2) is 6.07 Å². The molecule has 1 aliphatic carbocycles. The van der Waals surface area contributed by atoms with E-state index in [4.69, 9.17) is 9.72 Å². The SMILES string of the molecule is CCNc1cc(C2CC2)nc(C2(C)CCCO2)n1.